The molecule has 2 unspecified atom stereocenters. The number of anilines is 2. The zero-order valence-corrected chi connectivity index (χ0v) is 18.9. The fourth-order valence-electron chi connectivity index (χ4n) is 3.78. The van der Waals surface area contributed by atoms with Crippen molar-refractivity contribution in [1.82, 2.24) is 0 Å². The fourth-order valence-corrected chi connectivity index (χ4v) is 3.78. The molecule has 1 amide bonds. The van der Waals surface area contributed by atoms with Gasteiger partial charge in [-0.05, 0) is 73.2 Å². The number of nitrogens with zero attached hydrogens (tertiary/aromatic N) is 4. The maximum Gasteiger partial charge on any atom is 0.573 e. The van der Waals surface area contributed by atoms with E-state index in [9.17, 15) is 18.0 Å². The van der Waals surface area contributed by atoms with E-state index in [1.54, 1.807) is 61.6 Å². The van der Waals surface area contributed by atoms with Crippen LogP contribution in [0.3, 0.4) is 0 Å². The van der Waals surface area contributed by atoms with Crippen molar-refractivity contribution in [2.24, 2.45) is 0 Å². The number of amides is 1. The summed E-state index contributed by atoms with van der Waals surface area (Å²) in [6.45, 7) is 1.83. The SMILES string of the molecule is CC(C(c1cccc(OC(F)(F)F)c1)N(C=O)c1ccc(C#N)cc1)N(C)c1ccc(C#N)cc1. The quantitative estimate of drug-likeness (QED) is 0.396. The van der Waals surface area contributed by atoms with Gasteiger partial charge in [-0.1, -0.05) is 12.1 Å². The van der Waals surface area contributed by atoms with E-state index < -0.39 is 24.2 Å². The molecule has 0 spiro atoms. The van der Waals surface area contributed by atoms with E-state index in [0.29, 0.717) is 28.8 Å². The van der Waals surface area contributed by atoms with Crippen molar-refractivity contribution in [3.63, 3.8) is 0 Å². The molecule has 0 aliphatic heterocycles. The minimum absolute atomic E-state index is 0.402. The first kappa shape index (κ1) is 25.1. The van der Waals surface area contributed by atoms with Gasteiger partial charge in [0.15, 0.2) is 0 Å². The highest BCUT2D eigenvalue weighted by molar-refractivity contribution is 5.77. The average molecular weight is 478 g/mol. The summed E-state index contributed by atoms with van der Waals surface area (Å²) in [5.41, 5.74) is 2.51. The van der Waals surface area contributed by atoms with E-state index in [0.717, 1.165) is 5.69 Å². The van der Waals surface area contributed by atoms with Crippen LogP contribution < -0.4 is 14.5 Å². The van der Waals surface area contributed by atoms with Crippen LogP contribution in [-0.4, -0.2) is 25.9 Å². The summed E-state index contributed by atoms with van der Waals surface area (Å²) in [6, 6.07) is 21.5. The Balaban J connectivity index is 2.08. The van der Waals surface area contributed by atoms with Gasteiger partial charge in [-0.15, -0.1) is 13.2 Å². The van der Waals surface area contributed by atoms with Crippen molar-refractivity contribution in [2.45, 2.75) is 25.4 Å². The van der Waals surface area contributed by atoms with Crippen LogP contribution in [-0.2, 0) is 4.79 Å². The number of hydrogen-bond acceptors (Lipinski definition) is 5. The minimum Gasteiger partial charge on any atom is -0.406 e. The molecule has 0 aromatic heterocycles. The number of carbonyl (C=O) groups is 1. The second-order valence-corrected chi connectivity index (χ2v) is 7.75. The number of hydrogen-bond donors (Lipinski definition) is 0. The lowest BCUT2D eigenvalue weighted by molar-refractivity contribution is -0.274. The first-order valence-corrected chi connectivity index (χ1v) is 10.5. The summed E-state index contributed by atoms with van der Waals surface area (Å²) in [4.78, 5) is 15.6. The molecule has 2 atom stereocenters. The van der Waals surface area contributed by atoms with Gasteiger partial charge in [0.05, 0.1) is 35.3 Å². The van der Waals surface area contributed by atoms with Crippen molar-refractivity contribution < 1.29 is 22.7 Å². The molecule has 3 rings (SSSR count). The van der Waals surface area contributed by atoms with Gasteiger partial charge in [0.25, 0.3) is 0 Å². The van der Waals surface area contributed by atoms with E-state index in [-0.39, 0.29) is 0 Å². The Hall–Kier alpha value is -4.50. The normalized spacial score (nSPS) is 12.5. The topological polar surface area (TPSA) is 80.4 Å². The maximum atomic E-state index is 12.9. The largest absolute Gasteiger partial charge is 0.573 e. The maximum absolute atomic E-state index is 12.9. The van der Waals surface area contributed by atoms with Gasteiger partial charge in [0.1, 0.15) is 5.75 Å². The van der Waals surface area contributed by atoms with Crippen LogP contribution in [0.2, 0.25) is 0 Å². The van der Waals surface area contributed by atoms with Gasteiger partial charge in [-0.2, -0.15) is 10.5 Å². The van der Waals surface area contributed by atoms with Crippen molar-refractivity contribution in [3.05, 3.63) is 89.5 Å². The zero-order valence-electron chi connectivity index (χ0n) is 18.9. The molecule has 0 bridgehead atoms. The molecule has 0 N–H and O–H groups in total. The molecule has 0 fully saturated rings. The molecule has 0 heterocycles. The monoisotopic (exact) mass is 478 g/mol. The molecule has 0 aliphatic rings. The van der Waals surface area contributed by atoms with Crippen molar-refractivity contribution >= 4 is 17.8 Å². The highest BCUT2D eigenvalue weighted by atomic mass is 19.4. The molecule has 35 heavy (non-hydrogen) atoms. The molecule has 0 saturated heterocycles. The van der Waals surface area contributed by atoms with E-state index in [1.807, 2.05) is 17.9 Å². The third kappa shape index (κ3) is 6.10. The number of benzene rings is 3. The molecule has 178 valence electrons. The van der Waals surface area contributed by atoms with Gasteiger partial charge in [-0.3, -0.25) is 4.79 Å². The molecule has 6 nitrogen and oxygen atoms in total. The van der Waals surface area contributed by atoms with Crippen LogP contribution in [0.5, 0.6) is 5.75 Å². The second-order valence-electron chi connectivity index (χ2n) is 7.75. The molecule has 0 saturated carbocycles. The first-order chi connectivity index (χ1) is 16.7. The van der Waals surface area contributed by atoms with Gasteiger partial charge in [-0.25, -0.2) is 0 Å². The Morgan fingerprint density at radius 1 is 0.914 bits per heavy atom. The van der Waals surface area contributed by atoms with Gasteiger partial charge < -0.3 is 14.5 Å². The second kappa shape index (κ2) is 10.6. The summed E-state index contributed by atoms with van der Waals surface area (Å²) in [6.07, 6.45) is -4.26. The number of halogens is 3. The van der Waals surface area contributed by atoms with Gasteiger partial charge in [0.2, 0.25) is 6.41 Å². The fraction of sp³-hybridized carbons (Fsp3) is 0.192. The molecular formula is C26H21F3N4O2. The molecule has 0 aliphatic carbocycles. The van der Waals surface area contributed by atoms with Crippen molar-refractivity contribution in [2.75, 3.05) is 16.8 Å². The standard InChI is InChI=1S/C26H21F3N4O2/c1-18(32(2)22-10-6-19(15-30)7-11-22)25(21-4-3-5-24(14-21)35-26(27,28)29)33(17-34)23-12-8-20(16-31)9-13-23/h3-14,17-18,25H,1-2H3. The van der Waals surface area contributed by atoms with Gasteiger partial charge >= 0.3 is 6.36 Å². The smallest absolute Gasteiger partial charge is 0.406 e. The van der Waals surface area contributed by atoms with E-state index >= 15 is 0 Å². The lowest BCUT2D eigenvalue weighted by Crippen LogP contribution is -2.43. The average Bonchev–Trinajstić information content (AvgIpc) is 2.85. The Kier molecular flexibility index (Phi) is 7.62. The van der Waals surface area contributed by atoms with Crippen LogP contribution in [0.4, 0.5) is 24.5 Å². The van der Waals surface area contributed by atoms with Gasteiger partial charge in [0, 0.05) is 18.4 Å². The van der Waals surface area contributed by atoms with E-state index in [1.165, 1.54) is 23.1 Å². The summed E-state index contributed by atoms with van der Waals surface area (Å²) in [7, 11) is 1.79. The van der Waals surface area contributed by atoms with Crippen molar-refractivity contribution in [3.8, 4) is 17.9 Å². The Morgan fingerprint density at radius 2 is 1.46 bits per heavy atom. The number of ether oxygens (including phenoxy) is 1. The Labute approximate surface area is 201 Å². The molecule has 3 aromatic rings. The lowest BCUT2D eigenvalue weighted by Gasteiger charge is -2.39. The minimum atomic E-state index is -4.86. The number of likely N-dealkylation sites (N-methyl/N-ethyl adjacent to an activating group) is 1. The highest BCUT2D eigenvalue weighted by Gasteiger charge is 2.33. The number of nitriles is 2. The highest BCUT2D eigenvalue weighted by Crippen LogP contribution is 2.35. The van der Waals surface area contributed by atoms with Crippen LogP contribution in [0.25, 0.3) is 0 Å². The number of rotatable bonds is 8. The van der Waals surface area contributed by atoms with E-state index in [4.69, 9.17) is 10.5 Å². The summed E-state index contributed by atoms with van der Waals surface area (Å²) >= 11 is 0. The summed E-state index contributed by atoms with van der Waals surface area (Å²) in [5, 5.41) is 18.2. The first-order valence-electron chi connectivity index (χ1n) is 10.5. The van der Waals surface area contributed by atoms with Crippen molar-refractivity contribution in [1.29, 1.82) is 10.5 Å². The van der Waals surface area contributed by atoms with Crippen LogP contribution in [0.15, 0.2) is 72.8 Å². The van der Waals surface area contributed by atoms with Crippen LogP contribution in [0.1, 0.15) is 29.7 Å². The number of alkyl halides is 3. The summed E-state index contributed by atoms with van der Waals surface area (Å²) < 4.78 is 42.7. The third-order valence-electron chi connectivity index (χ3n) is 5.61. The summed E-state index contributed by atoms with van der Waals surface area (Å²) in [5.74, 6) is -0.404. The van der Waals surface area contributed by atoms with Crippen LogP contribution in [0, 0.1) is 22.7 Å². The zero-order chi connectivity index (χ0) is 25.6. The van der Waals surface area contributed by atoms with E-state index in [2.05, 4.69) is 10.8 Å². The predicted octanol–water partition coefficient (Wildman–Crippen LogP) is 5.56. The Morgan fingerprint density at radius 3 is 1.94 bits per heavy atom. The Bertz CT molecular complexity index is 1250. The molecule has 9 heteroatoms. The third-order valence-corrected chi connectivity index (χ3v) is 5.61. The predicted molar refractivity (Wildman–Crippen MR) is 125 cm³/mol. The van der Waals surface area contributed by atoms with Crippen LogP contribution >= 0.6 is 0 Å². The number of carbonyl (C=O) groups excluding carboxylic acids is 1. The molecule has 0 radical (unpaired) electrons. The molecule has 3 aromatic carbocycles. The molecular weight excluding hydrogens is 457 g/mol. The lowest BCUT2D eigenvalue weighted by atomic mass is 9.96.